The SMILES string of the molecule is Cc1c2cnc3c1nnn3CCCCCCc1ccc(cc1)C(=O)N1CCc3ccc(cc3C1)[C@@H]2[C@@H](C)C(=O)O. The van der Waals surface area contributed by atoms with Gasteiger partial charge >= 0.3 is 5.97 Å². The van der Waals surface area contributed by atoms with E-state index in [1.165, 1.54) is 11.1 Å². The molecule has 1 N–H and O–H groups in total. The van der Waals surface area contributed by atoms with Crippen LogP contribution >= 0.6 is 0 Å². The smallest absolute Gasteiger partial charge is 0.307 e. The number of carbonyl (C=O) groups excluding carboxylic acids is 1. The molecule has 4 aromatic rings. The van der Waals surface area contributed by atoms with Crippen molar-refractivity contribution < 1.29 is 14.7 Å². The summed E-state index contributed by atoms with van der Waals surface area (Å²) in [4.78, 5) is 32.4. The minimum Gasteiger partial charge on any atom is -0.481 e. The van der Waals surface area contributed by atoms with Crippen molar-refractivity contribution in [3.8, 4) is 0 Å². The van der Waals surface area contributed by atoms with Gasteiger partial charge in [-0.15, -0.1) is 5.10 Å². The van der Waals surface area contributed by atoms with Crippen LogP contribution in [0.4, 0.5) is 0 Å². The highest BCUT2D eigenvalue weighted by atomic mass is 16.4. The third kappa shape index (κ3) is 4.87. The highest BCUT2D eigenvalue weighted by Crippen LogP contribution is 2.37. The molecule has 0 saturated carbocycles. The van der Waals surface area contributed by atoms with Crippen LogP contribution in [0.15, 0.2) is 48.7 Å². The number of rotatable bonds is 2. The van der Waals surface area contributed by atoms with Gasteiger partial charge in [0.15, 0.2) is 5.65 Å². The number of aromatic nitrogens is 4. The van der Waals surface area contributed by atoms with Crippen LogP contribution in [-0.4, -0.2) is 48.4 Å². The van der Waals surface area contributed by atoms with Crippen LogP contribution in [0.3, 0.4) is 0 Å². The molecular weight excluding hydrogens is 502 g/mol. The molecule has 2 atom stereocenters. The van der Waals surface area contributed by atoms with Gasteiger partial charge in [0.2, 0.25) is 0 Å². The lowest BCUT2D eigenvalue weighted by Gasteiger charge is -2.31. The van der Waals surface area contributed by atoms with Gasteiger partial charge in [-0.2, -0.15) is 0 Å². The first kappa shape index (κ1) is 26.2. The summed E-state index contributed by atoms with van der Waals surface area (Å²) in [7, 11) is 0. The highest BCUT2D eigenvalue weighted by molar-refractivity contribution is 5.94. The highest BCUT2D eigenvalue weighted by Gasteiger charge is 2.31. The summed E-state index contributed by atoms with van der Waals surface area (Å²) in [6, 6.07) is 14.3. The van der Waals surface area contributed by atoms with Gasteiger partial charge in [0.25, 0.3) is 5.91 Å². The molecule has 0 spiro atoms. The minimum atomic E-state index is -0.868. The number of hydrogen-bond donors (Lipinski definition) is 1. The number of carboxylic acids is 1. The fourth-order valence-corrected chi connectivity index (χ4v) is 6.27. The third-order valence-electron chi connectivity index (χ3n) is 8.72. The zero-order chi connectivity index (χ0) is 27.8. The zero-order valence-electron chi connectivity index (χ0n) is 23.1. The fourth-order valence-electron chi connectivity index (χ4n) is 6.27. The number of aliphatic carboxylic acids is 1. The van der Waals surface area contributed by atoms with E-state index in [9.17, 15) is 14.7 Å². The molecule has 2 aromatic heterocycles. The van der Waals surface area contributed by atoms with Gasteiger partial charge in [-0.25, -0.2) is 9.67 Å². The predicted octanol–water partition coefficient (Wildman–Crippen LogP) is 5.30. The quantitative estimate of drug-likeness (QED) is 0.372. The van der Waals surface area contributed by atoms with E-state index in [0.29, 0.717) is 18.7 Å². The number of pyridine rings is 1. The van der Waals surface area contributed by atoms with Crippen LogP contribution in [0.25, 0.3) is 11.2 Å². The standard InChI is InChI=1S/C32H35N5O3/c1-20-27-18-33-30-29(20)34-35-37(30)15-6-4-3-5-7-22-8-10-24(11-9-22)31(38)36-16-14-23-12-13-25(17-26(23)19-36)28(27)21(2)32(39)40/h8-13,17-18,21,28H,3-7,14-16,19H2,1-2H3,(H,39,40)/t21-,28+/m1/s1. The van der Waals surface area contributed by atoms with E-state index in [-0.39, 0.29) is 5.91 Å². The molecule has 9 rings (SSSR count). The average Bonchev–Trinajstić information content (AvgIpc) is 3.39. The van der Waals surface area contributed by atoms with Gasteiger partial charge in [-0.3, -0.25) is 9.59 Å². The summed E-state index contributed by atoms with van der Waals surface area (Å²) in [5.74, 6) is -1.93. The van der Waals surface area contributed by atoms with E-state index in [1.807, 2.05) is 40.9 Å². The summed E-state index contributed by atoms with van der Waals surface area (Å²) in [6.07, 6.45) is 7.87. The summed E-state index contributed by atoms with van der Waals surface area (Å²) in [6.45, 7) is 5.65. The molecule has 0 radical (unpaired) electrons. The van der Waals surface area contributed by atoms with Crippen molar-refractivity contribution in [3.05, 3.63) is 87.6 Å². The Morgan fingerprint density at radius 1 is 1.00 bits per heavy atom. The summed E-state index contributed by atoms with van der Waals surface area (Å²) < 4.78 is 1.87. The summed E-state index contributed by atoms with van der Waals surface area (Å²) in [5.41, 5.74) is 8.36. The molecule has 40 heavy (non-hydrogen) atoms. The van der Waals surface area contributed by atoms with E-state index in [4.69, 9.17) is 4.98 Å². The molecule has 0 saturated heterocycles. The number of carboxylic acid groups (broad SMARTS) is 1. The molecule has 1 amide bonds. The van der Waals surface area contributed by atoms with E-state index < -0.39 is 17.8 Å². The van der Waals surface area contributed by atoms with Gasteiger partial charge in [-0.05, 0) is 78.1 Å². The Morgan fingerprint density at radius 2 is 1.80 bits per heavy atom. The molecule has 7 heterocycles. The van der Waals surface area contributed by atoms with Gasteiger partial charge in [-0.1, -0.05) is 55.3 Å². The van der Waals surface area contributed by atoms with Crippen molar-refractivity contribution in [2.24, 2.45) is 5.92 Å². The first-order chi connectivity index (χ1) is 19.4. The maximum Gasteiger partial charge on any atom is 0.307 e. The van der Waals surface area contributed by atoms with E-state index in [2.05, 4.69) is 34.6 Å². The van der Waals surface area contributed by atoms with Gasteiger partial charge < -0.3 is 10.0 Å². The van der Waals surface area contributed by atoms with Crippen LogP contribution in [0.5, 0.6) is 0 Å². The summed E-state index contributed by atoms with van der Waals surface area (Å²) in [5, 5.41) is 19.0. The van der Waals surface area contributed by atoms with Crippen molar-refractivity contribution in [1.82, 2.24) is 24.9 Å². The third-order valence-corrected chi connectivity index (χ3v) is 8.72. The maximum atomic E-state index is 13.4. The lowest BCUT2D eigenvalue weighted by atomic mass is 9.79. The number of hydrogen-bond acceptors (Lipinski definition) is 5. The molecule has 5 aliphatic heterocycles. The van der Waals surface area contributed by atoms with Gasteiger partial charge in [0.05, 0.1) is 5.92 Å². The Kier molecular flexibility index (Phi) is 7.09. The number of amides is 1. The second kappa shape index (κ2) is 10.8. The van der Waals surface area contributed by atoms with E-state index in [1.54, 1.807) is 6.92 Å². The Bertz CT molecular complexity index is 1580. The number of benzene rings is 2. The Morgan fingerprint density at radius 3 is 2.60 bits per heavy atom. The topological polar surface area (TPSA) is 101 Å². The molecule has 9 bridgehead atoms. The molecule has 5 aliphatic rings. The van der Waals surface area contributed by atoms with E-state index in [0.717, 1.165) is 78.5 Å². The predicted molar refractivity (Wildman–Crippen MR) is 152 cm³/mol. The van der Waals surface area contributed by atoms with Crippen LogP contribution in [-0.2, 0) is 30.7 Å². The Balaban J connectivity index is 1.44. The second-order valence-corrected chi connectivity index (χ2v) is 11.3. The van der Waals surface area contributed by atoms with Crippen molar-refractivity contribution in [2.75, 3.05) is 6.54 Å². The largest absolute Gasteiger partial charge is 0.481 e. The van der Waals surface area contributed by atoms with E-state index >= 15 is 0 Å². The lowest BCUT2D eigenvalue weighted by molar-refractivity contribution is -0.141. The molecule has 2 aromatic carbocycles. The lowest BCUT2D eigenvalue weighted by Crippen LogP contribution is -2.36. The maximum absolute atomic E-state index is 13.4. The zero-order valence-corrected chi connectivity index (χ0v) is 23.1. The molecule has 206 valence electrons. The molecule has 0 aliphatic carbocycles. The fraction of sp³-hybridized carbons (Fsp3) is 0.406. The molecule has 8 nitrogen and oxygen atoms in total. The second-order valence-electron chi connectivity index (χ2n) is 11.3. The summed E-state index contributed by atoms with van der Waals surface area (Å²) >= 11 is 0. The van der Waals surface area contributed by atoms with Gasteiger partial charge in [0.1, 0.15) is 5.52 Å². The van der Waals surface area contributed by atoms with Crippen molar-refractivity contribution >= 4 is 23.0 Å². The molecule has 0 fully saturated rings. The Labute approximate surface area is 234 Å². The van der Waals surface area contributed by atoms with Crippen molar-refractivity contribution in [1.29, 1.82) is 0 Å². The minimum absolute atomic E-state index is 0.0359. The normalized spacial score (nSPS) is 18.7. The first-order valence-electron chi connectivity index (χ1n) is 14.3. The molecule has 8 heteroatoms. The van der Waals surface area contributed by atoms with Crippen LogP contribution in [0.1, 0.15) is 82.3 Å². The Hall–Kier alpha value is -4.07. The van der Waals surface area contributed by atoms with Crippen molar-refractivity contribution in [3.63, 3.8) is 0 Å². The van der Waals surface area contributed by atoms with Crippen LogP contribution in [0.2, 0.25) is 0 Å². The number of nitrogens with zero attached hydrogens (tertiary/aromatic N) is 5. The number of carbonyl (C=O) groups is 2. The van der Waals surface area contributed by atoms with Crippen molar-refractivity contribution in [2.45, 2.75) is 71.4 Å². The number of aryl methyl sites for hydroxylation is 3. The molecular formula is C32H35N5O3. The van der Waals surface area contributed by atoms with Crippen LogP contribution in [0, 0.1) is 12.8 Å². The molecule has 0 unspecified atom stereocenters. The first-order valence-corrected chi connectivity index (χ1v) is 14.3. The van der Waals surface area contributed by atoms with Gasteiger partial charge in [0, 0.05) is 37.3 Å². The van der Waals surface area contributed by atoms with Crippen LogP contribution < -0.4 is 0 Å². The monoisotopic (exact) mass is 537 g/mol. The average molecular weight is 538 g/mol.